The van der Waals surface area contributed by atoms with Crippen LogP contribution in [-0.4, -0.2) is 47.0 Å². The third kappa shape index (κ3) is 4.50. The number of piperidine rings is 1. The number of hydrogen-bond acceptors (Lipinski definition) is 4. The fourth-order valence-electron chi connectivity index (χ4n) is 3.02. The Hall–Kier alpha value is -1.49. The summed E-state index contributed by atoms with van der Waals surface area (Å²) in [5, 5.41) is 2.66. The molecule has 0 saturated carbocycles. The van der Waals surface area contributed by atoms with Crippen molar-refractivity contribution in [3.05, 3.63) is 23.3 Å². The molecule has 1 amide bonds. The van der Waals surface area contributed by atoms with E-state index in [1.165, 1.54) is 13.0 Å². The zero-order valence-electron chi connectivity index (χ0n) is 14.2. The quantitative estimate of drug-likeness (QED) is 0.904. The van der Waals surface area contributed by atoms with Crippen LogP contribution in [-0.2, 0) is 11.2 Å². The number of aryl methyl sites for hydroxylation is 2. The highest BCUT2D eigenvalue weighted by atomic mass is 16.1. The number of nitrogens with one attached hydrogen (secondary N) is 1. The summed E-state index contributed by atoms with van der Waals surface area (Å²) in [6.07, 6.45) is 3.51. The molecule has 0 aromatic carbocycles. The molecule has 1 fully saturated rings. The molecular weight excluding hydrogens is 276 g/mol. The second kappa shape index (κ2) is 7.68. The first-order valence-electron chi connectivity index (χ1n) is 8.28. The third-order valence-corrected chi connectivity index (χ3v) is 4.36. The summed E-state index contributed by atoms with van der Waals surface area (Å²) in [6.45, 7) is 8.71. The molecule has 1 aliphatic rings. The van der Waals surface area contributed by atoms with Crippen molar-refractivity contribution in [3.8, 4) is 0 Å². The molecule has 0 spiro atoms. The van der Waals surface area contributed by atoms with E-state index in [1.807, 2.05) is 13.0 Å². The number of likely N-dealkylation sites (tertiary alicyclic amines) is 1. The van der Waals surface area contributed by atoms with Gasteiger partial charge in [-0.25, -0.2) is 9.97 Å². The Balaban J connectivity index is 2.10. The average Bonchev–Trinajstić information content (AvgIpc) is 2.52. The van der Waals surface area contributed by atoms with Crippen molar-refractivity contribution in [2.45, 2.75) is 58.4 Å². The van der Waals surface area contributed by atoms with E-state index in [1.54, 1.807) is 7.05 Å². The molecule has 122 valence electrons. The van der Waals surface area contributed by atoms with Gasteiger partial charge in [0.25, 0.3) is 0 Å². The zero-order valence-corrected chi connectivity index (χ0v) is 14.2. The topological polar surface area (TPSA) is 58.1 Å². The molecule has 22 heavy (non-hydrogen) atoms. The minimum Gasteiger partial charge on any atom is -0.359 e. The van der Waals surface area contributed by atoms with Gasteiger partial charge in [0, 0.05) is 43.4 Å². The van der Waals surface area contributed by atoms with E-state index in [-0.39, 0.29) is 5.91 Å². The lowest BCUT2D eigenvalue weighted by Gasteiger charge is -2.34. The van der Waals surface area contributed by atoms with Gasteiger partial charge < -0.3 is 10.2 Å². The van der Waals surface area contributed by atoms with E-state index < -0.39 is 0 Å². The minimum absolute atomic E-state index is 0.0569. The average molecular weight is 304 g/mol. The zero-order chi connectivity index (χ0) is 16.1. The van der Waals surface area contributed by atoms with Crippen molar-refractivity contribution < 1.29 is 4.79 Å². The van der Waals surface area contributed by atoms with E-state index >= 15 is 0 Å². The highest BCUT2D eigenvalue weighted by molar-refractivity contribution is 5.75. The Bertz CT molecular complexity index is 515. The molecular formula is C17H28N4O. The fraction of sp³-hybridized carbons (Fsp3) is 0.706. The monoisotopic (exact) mass is 304 g/mol. The summed E-state index contributed by atoms with van der Waals surface area (Å²) in [6, 6.07) is 2.57. The van der Waals surface area contributed by atoms with Crippen molar-refractivity contribution >= 4 is 5.91 Å². The van der Waals surface area contributed by atoms with Crippen molar-refractivity contribution in [2.75, 3.05) is 20.1 Å². The van der Waals surface area contributed by atoms with Gasteiger partial charge in [-0.15, -0.1) is 0 Å². The molecule has 1 aromatic rings. The second-order valence-corrected chi connectivity index (χ2v) is 6.46. The van der Waals surface area contributed by atoms with Crippen molar-refractivity contribution in [1.82, 2.24) is 20.2 Å². The Morgan fingerprint density at radius 1 is 1.45 bits per heavy atom. The van der Waals surface area contributed by atoms with Crippen LogP contribution in [0.3, 0.4) is 0 Å². The normalized spacial score (nSPS) is 19.4. The highest BCUT2D eigenvalue weighted by Crippen LogP contribution is 2.26. The predicted molar refractivity (Wildman–Crippen MR) is 87.8 cm³/mol. The van der Waals surface area contributed by atoms with E-state index in [0.29, 0.717) is 24.8 Å². The van der Waals surface area contributed by atoms with Crippen LogP contribution in [0.5, 0.6) is 0 Å². The molecule has 2 rings (SSSR count). The van der Waals surface area contributed by atoms with Gasteiger partial charge in [0.15, 0.2) is 0 Å². The van der Waals surface area contributed by atoms with Gasteiger partial charge >= 0.3 is 0 Å². The molecule has 1 N–H and O–H groups in total. The number of carbonyl (C=O) groups excluding carboxylic acids is 1. The van der Waals surface area contributed by atoms with Crippen LogP contribution < -0.4 is 5.32 Å². The molecule has 0 unspecified atom stereocenters. The lowest BCUT2D eigenvalue weighted by Crippen LogP contribution is -2.39. The number of nitrogens with zero attached hydrogens (tertiary/aromatic N) is 3. The molecule has 1 saturated heterocycles. The Kier molecular flexibility index (Phi) is 5.89. The Morgan fingerprint density at radius 2 is 2.23 bits per heavy atom. The molecule has 0 aliphatic carbocycles. The summed E-state index contributed by atoms with van der Waals surface area (Å²) in [5.41, 5.74) is 1.98. The molecule has 1 aromatic heterocycles. The summed E-state index contributed by atoms with van der Waals surface area (Å²) < 4.78 is 0. The van der Waals surface area contributed by atoms with Crippen LogP contribution >= 0.6 is 0 Å². The van der Waals surface area contributed by atoms with E-state index in [4.69, 9.17) is 4.98 Å². The maximum absolute atomic E-state index is 11.4. The summed E-state index contributed by atoms with van der Waals surface area (Å²) in [7, 11) is 1.67. The van der Waals surface area contributed by atoms with Gasteiger partial charge in [0.05, 0.1) is 0 Å². The molecule has 1 aliphatic heterocycles. The summed E-state index contributed by atoms with van der Waals surface area (Å²) >= 11 is 0. The molecule has 1 atom stereocenters. The molecule has 0 radical (unpaired) electrons. The molecule has 5 nitrogen and oxygen atoms in total. The summed E-state index contributed by atoms with van der Waals surface area (Å²) in [4.78, 5) is 23.3. The standard InChI is InChI=1S/C17H28N4O/c1-12(2)21-9-5-6-14(11-21)17-19-13(3)10-15(20-17)7-8-16(22)18-4/h10,12,14H,5-9,11H2,1-4H3,(H,18,22)/t14-/m1/s1. The third-order valence-electron chi connectivity index (χ3n) is 4.36. The van der Waals surface area contributed by atoms with E-state index in [0.717, 1.165) is 30.2 Å². The van der Waals surface area contributed by atoms with E-state index in [2.05, 4.69) is 29.0 Å². The number of rotatable bonds is 5. The van der Waals surface area contributed by atoms with Crippen LogP contribution in [0.4, 0.5) is 0 Å². The maximum atomic E-state index is 11.4. The number of hydrogen-bond donors (Lipinski definition) is 1. The lowest BCUT2D eigenvalue weighted by atomic mass is 9.96. The van der Waals surface area contributed by atoms with E-state index in [9.17, 15) is 4.79 Å². The smallest absolute Gasteiger partial charge is 0.220 e. The number of carbonyl (C=O) groups is 1. The van der Waals surface area contributed by atoms with Gasteiger partial charge in [0.1, 0.15) is 5.82 Å². The van der Waals surface area contributed by atoms with Gasteiger partial charge in [0.2, 0.25) is 5.91 Å². The minimum atomic E-state index is 0.0569. The highest BCUT2D eigenvalue weighted by Gasteiger charge is 2.25. The first kappa shape index (κ1) is 16.9. The van der Waals surface area contributed by atoms with Gasteiger partial charge in [-0.05, 0) is 52.6 Å². The Labute approximate surface area is 133 Å². The predicted octanol–water partition coefficient (Wildman–Crippen LogP) is 2.05. The lowest BCUT2D eigenvalue weighted by molar-refractivity contribution is -0.120. The Morgan fingerprint density at radius 3 is 2.91 bits per heavy atom. The first-order valence-corrected chi connectivity index (χ1v) is 8.28. The first-order chi connectivity index (χ1) is 10.5. The van der Waals surface area contributed by atoms with Crippen LogP contribution in [0.2, 0.25) is 0 Å². The van der Waals surface area contributed by atoms with Crippen molar-refractivity contribution in [3.63, 3.8) is 0 Å². The fourth-order valence-corrected chi connectivity index (χ4v) is 3.02. The number of aromatic nitrogens is 2. The van der Waals surface area contributed by atoms with Crippen LogP contribution in [0.25, 0.3) is 0 Å². The number of amides is 1. The van der Waals surface area contributed by atoms with Gasteiger partial charge in [-0.1, -0.05) is 0 Å². The van der Waals surface area contributed by atoms with Crippen LogP contribution in [0, 0.1) is 6.92 Å². The van der Waals surface area contributed by atoms with Crippen LogP contribution in [0.1, 0.15) is 56.2 Å². The summed E-state index contributed by atoms with van der Waals surface area (Å²) in [5.74, 6) is 1.42. The largest absolute Gasteiger partial charge is 0.359 e. The molecule has 0 bridgehead atoms. The van der Waals surface area contributed by atoms with Gasteiger partial charge in [-0.2, -0.15) is 0 Å². The van der Waals surface area contributed by atoms with Crippen molar-refractivity contribution in [2.24, 2.45) is 0 Å². The molecule has 2 heterocycles. The van der Waals surface area contributed by atoms with Crippen LogP contribution in [0.15, 0.2) is 6.07 Å². The second-order valence-electron chi connectivity index (χ2n) is 6.46. The maximum Gasteiger partial charge on any atom is 0.220 e. The van der Waals surface area contributed by atoms with Gasteiger partial charge in [-0.3, -0.25) is 4.79 Å². The SMILES string of the molecule is CNC(=O)CCc1cc(C)nc([C@@H]2CCCN(C(C)C)C2)n1. The molecule has 5 heteroatoms. The van der Waals surface area contributed by atoms with Crippen molar-refractivity contribution in [1.29, 1.82) is 0 Å².